The number of benzene rings is 2. The molecule has 0 bridgehead atoms. The van der Waals surface area contributed by atoms with Crippen molar-refractivity contribution in [1.82, 2.24) is 0 Å². The van der Waals surface area contributed by atoms with Crippen LogP contribution in [0.3, 0.4) is 0 Å². The lowest BCUT2D eigenvalue weighted by atomic mass is 9.92. The molecule has 5 nitrogen and oxygen atoms in total. The minimum atomic E-state index is -1.02. The number of carbonyl (C=O) groups is 1. The zero-order valence-electron chi connectivity index (χ0n) is 16.0. The fourth-order valence-electron chi connectivity index (χ4n) is 3.10. The molecule has 2 aromatic carbocycles. The molecule has 27 heavy (non-hydrogen) atoms. The number of hydrogen-bond donors (Lipinski definition) is 1. The smallest absolute Gasteiger partial charge is 0.174 e. The maximum absolute atomic E-state index is 12.9. The molecule has 0 fully saturated rings. The molecule has 0 radical (unpaired) electrons. The molecular weight excluding hydrogens is 344 g/mol. The average Bonchev–Trinajstić information content (AvgIpc) is 2.65. The van der Waals surface area contributed by atoms with Crippen molar-refractivity contribution in [2.24, 2.45) is 0 Å². The Morgan fingerprint density at radius 1 is 1.15 bits per heavy atom. The summed E-state index contributed by atoms with van der Waals surface area (Å²) >= 11 is 0. The Labute approximate surface area is 159 Å². The van der Waals surface area contributed by atoms with Crippen LogP contribution in [0.2, 0.25) is 0 Å². The summed E-state index contributed by atoms with van der Waals surface area (Å²) in [7, 11) is 3.06. The van der Waals surface area contributed by atoms with Crippen molar-refractivity contribution >= 4 is 11.9 Å². The number of carbonyl (C=O) groups excluding carboxylic acids is 1. The largest absolute Gasteiger partial charge is 0.496 e. The second-order valence-electron chi connectivity index (χ2n) is 7.03. The molecule has 0 unspecified atom stereocenters. The van der Waals surface area contributed by atoms with Crippen LogP contribution in [0.15, 0.2) is 42.5 Å². The highest BCUT2D eigenvalue weighted by molar-refractivity contribution is 6.04. The van der Waals surface area contributed by atoms with Crippen LogP contribution < -0.4 is 14.2 Å². The van der Waals surface area contributed by atoms with Crippen LogP contribution in [0.1, 0.15) is 47.9 Å². The fraction of sp³-hybridized carbons (Fsp3) is 0.318. The first-order valence-corrected chi connectivity index (χ1v) is 8.79. The van der Waals surface area contributed by atoms with Gasteiger partial charge in [-0.1, -0.05) is 36.4 Å². The minimum Gasteiger partial charge on any atom is -0.496 e. The van der Waals surface area contributed by atoms with Crippen LogP contribution in [-0.2, 0) is 0 Å². The van der Waals surface area contributed by atoms with E-state index < -0.39 is 11.7 Å². The van der Waals surface area contributed by atoms with Crippen LogP contribution >= 0.6 is 0 Å². The fourth-order valence-corrected chi connectivity index (χ4v) is 3.10. The number of hydrogen-bond acceptors (Lipinski definition) is 5. The van der Waals surface area contributed by atoms with Gasteiger partial charge in [-0.3, -0.25) is 4.79 Å². The second kappa shape index (κ2) is 7.45. The van der Waals surface area contributed by atoms with Gasteiger partial charge in [0.1, 0.15) is 28.9 Å². The highest BCUT2D eigenvalue weighted by Gasteiger charge is 2.33. The summed E-state index contributed by atoms with van der Waals surface area (Å²) in [5.41, 5.74) is 0.913. The summed E-state index contributed by atoms with van der Waals surface area (Å²) in [5, 5.41) is 10.1. The molecule has 0 spiro atoms. The van der Waals surface area contributed by atoms with Gasteiger partial charge in [-0.15, -0.1) is 0 Å². The highest BCUT2D eigenvalue weighted by Crippen LogP contribution is 2.46. The molecule has 0 saturated carbocycles. The number of methoxy groups -OCH3 is 2. The van der Waals surface area contributed by atoms with Crippen LogP contribution in [-0.4, -0.2) is 30.7 Å². The van der Waals surface area contributed by atoms with E-state index in [4.69, 9.17) is 14.2 Å². The summed E-state index contributed by atoms with van der Waals surface area (Å²) in [6.07, 6.45) is 3.20. The predicted molar refractivity (Wildman–Crippen MR) is 104 cm³/mol. The van der Waals surface area contributed by atoms with Crippen LogP contribution in [0.5, 0.6) is 17.2 Å². The van der Waals surface area contributed by atoms with Gasteiger partial charge in [-0.05, 0) is 25.5 Å². The Morgan fingerprint density at radius 2 is 1.81 bits per heavy atom. The first-order valence-electron chi connectivity index (χ1n) is 8.79. The van der Waals surface area contributed by atoms with Gasteiger partial charge in [-0.25, -0.2) is 0 Å². The molecule has 1 aliphatic rings. The lowest BCUT2D eigenvalue weighted by Gasteiger charge is -2.29. The zero-order chi connectivity index (χ0) is 19.6. The van der Waals surface area contributed by atoms with Crippen LogP contribution in [0.25, 0.3) is 6.08 Å². The molecule has 142 valence electrons. The maximum Gasteiger partial charge on any atom is 0.174 e. The number of ketones is 1. The van der Waals surface area contributed by atoms with Crippen molar-refractivity contribution in [3.05, 3.63) is 59.2 Å². The standard InChI is InChI=1S/C22H24O5/c1-22(2,24)11-10-15-18(25-3)13-19(26-4)20-16(23)12-17(27-21(15)20)14-8-6-5-7-9-14/h5-11,13,17,24H,12H2,1-4H3/b11-10+/t17-/m0/s1. The molecule has 2 aromatic rings. The van der Waals surface area contributed by atoms with E-state index in [0.29, 0.717) is 28.4 Å². The summed E-state index contributed by atoms with van der Waals surface area (Å²) in [5.74, 6) is 1.28. The van der Waals surface area contributed by atoms with E-state index in [-0.39, 0.29) is 12.2 Å². The van der Waals surface area contributed by atoms with Crippen molar-refractivity contribution in [2.75, 3.05) is 14.2 Å². The minimum absolute atomic E-state index is 0.0532. The summed E-state index contributed by atoms with van der Waals surface area (Å²) in [6, 6.07) is 11.3. The van der Waals surface area contributed by atoms with E-state index in [1.807, 2.05) is 30.3 Å². The first kappa shape index (κ1) is 19.0. The molecule has 1 atom stereocenters. The van der Waals surface area contributed by atoms with Crippen LogP contribution in [0.4, 0.5) is 0 Å². The topological polar surface area (TPSA) is 65.0 Å². The molecule has 1 aliphatic heterocycles. The van der Waals surface area contributed by atoms with Gasteiger partial charge in [0.15, 0.2) is 5.78 Å². The SMILES string of the molecule is COc1cc(OC)c2c(c1/C=C/C(C)(C)O)O[C@H](c1ccccc1)CC2=O. The predicted octanol–water partition coefficient (Wildman–Crippen LogP) is 4.19. The van der Waals surface area contributed by atoms with Crippen molar-refractivity contribution in [1.29, 1.82) is 0 Å². The average molecular weight is 368 g/mol. The monoisotopic (exact) mass is 368 g/mol. The van der Waals surface area contributed by atoms with E-state index in [0.717, 1.165) is 5.56 Å². The van der Waals surface area contributed by atoms with Crippen molar-refractivity contribution in [3.8, 4) is 17.2 Å². The van der Waals surface area contributed by atoms with Crippen LogP contribution in [0, 0.1) is 0 Å². The summed E-state index contributed by atoms with van der Waals surface area (Å²) < 4.78 is 17.2. The Bertz CT molecular complexity index is 863. The molecule has 1 heterocycles. The molecule has 1 N–H and O–H groups in total. The Kier molecular flexibility index (Phi) is 5.24. The van der Waals surface area contributed by atoms with Gasteiger partial charge in [-0.2, -0.15) is 0 Å². The van der Waals surface area contributed by atoms with E-state index in [9.17, 15) is 9.90 Å². The number of Topliss-reactive ketones (excluding diaryl/α,β-unsaturated/α-hetero) is 1. The summed E-state index contributed by atoms with van der Waals surface area (Å²) in [6.45, 7) is 3.34. The van der Waals surface area contributed by atoms with Gasteiger partial charge >= 0.3 is 0 Å². The zero-order valence-corrected chi connectivity index (χ0v) is 16.0. The molecule has 0 saturated heterocycles. The molecule has 0 aromatic heterocycles. The number of fused-ring (bicyclic) bond motifs is 1. The quantitative estimate of drug-likeness (QED) is 0.857. The Balaban J connectivity index is 2.17. The molecule has 3 rings (SSSR count). The molecule has 0 aliphatic carbocycles. The maximum atomic E-state index is 12.9. The number of aliphatic hydroxyl groups is 1. The lowest BCUT2D eigenvalue weighted by Crippen LogP contribution is -2.22. The van der Waals surface area contributed by atoms with Crippen molar-refractivity contribution in [3.63, 3.8) is 0 Å². The Hall–Kier alpha value is -2.79. The van der Waals surface area contributed by atoms with E-state index >= 15 is 0 Å². The number of ether oxygens (including phenoxy) is 3. The summed E-state index contributed by atoms with van der Waals surface area (Å²) in [4.78, 5) is 12.9. The molecule has 0 amide bonds. The first-order chi connectivity index (χ1) is 12.8. The third-order valence-electron chi connectivity index (χ3n) is 4.42. The van der Waals surface area contributed by atoms with Gasteiger partial charge in [0.25, 0.3) is 0 Å². The number of rotatable bonds is 5. The van der Waals surface area contributed by atoms with Gasteiger partial charge < -0.3 is 19.3 Å². The van der Waals surface area contributed by atoms with Crippen molar-refractivity contribution in [2.45, 2.75) is 32.0 Å². The lowest BCUT2D eigenvalue weighted by molar-refractivity contribution is 0.0843. The third-order valence-corrected chi connectivity index (χ3v) is 4.42. The molecular formula is C22H24O5. The third kappa shape index (κ3) is 3.98. The van der Waals surface area contributed by atoms with Crippen molar-refractivity contribution < 1.29 is 24.1 Å². The normalized spacial score (nSPS) is 16.8. The van der Waals surface area contributed by atoms with Gasteiger partial charge in [0.05, 0.1) is 31.8 Å². The van der Waals surface area contributed by atoms with E-state index in [2.05, 4.69) is 0 Å². The van der Waals surface area contributed by atoms with Gasteiger partial charge in [0.2, 0.25) is 0 Å². The Morgan fingerprint density at radius 3 is 2.41 bits per heavy atom. The molecule has 5 heteroatoms. The second-order valence-corrected chi connectivity index (χ2v) is 7.03. The van der Waals surface area contributed by atoms with E-state index in [1.165, 1.54) is 7.11 Å². The highest BCUT2D eigenvalue weighted by atomic mass is 16.5. The van der Waals surface area contributed by atoms with E-state index in [1.54, 1.807) is 39.2 Å². The van der Waals surface area contributed by atoms with Gasteiger partial charge in [0, 0.05) is 6.07 Å².